The highest BCUT2D eigenvalue weighted by molar-refractivity contribution is 5.47. The molecule has 3 heterocycles. The maximum absolute atomic E-state index is 9.29. The van der Waals surface area contributed by atoms with Gasteiger partial charge >= 0.3 is 0 Å². The van der Waals surface area contributed by atoms with Crippen molar-refractivity contribution in [2.45, 2.75) is 44.8 Å². The molecule has 2 saturated heterocycles. The van der Waals surface area contributed by atoms with E-state index in [0.29, 0.717) is 12.8 Å². The number of rotatable bonds is 5. The van der Waals surface area contributed by atoms with Crippen LogP contribution in [0.5, 0.6) is 0 Å². The van der Waals surface area contributed by atoms with Gasteiger partial charge in [0.15, 0.2) is 0 Å². The Hall–Kier alpha value is -1.40. The molecule has 0 aliphatic carbocycles. The summed E-state index contributed by atoms with van der Waals surface area (Å²) in [5.41, 5.74) is 6.44. The van der Waals surface area contributed by atoms with Crippen molar-refractivity contribution in [1.29, 1.82) is 0 Å². The quantitative estimate of drug-likeness (QED) is 0.784. The standard InChI is InChI=1S/C15H25N5O/c16-13(21)6-5-12-11-14(19-7-1-2-8-19)18-15(17-12)20-9-3-4-10-20/h11,13,21H,1-10,16H2. The molecule has 6 heteroatoms. The molecular formula is C15H25N5O. The van der Waals surface area contributed by atoms with Gasteiger partial charge in [0, 0.05) is 37.9 Å². The van der Waals surface area contributed by atoms with E-state index in [2.05, 4.69) is 20.9 Å². The number of aliphatic hydroxyl groups is 1. The third-order valence-electron chi connectivity index (χ3n) is 4.27. The first kappa shape index (κ1) is 14.5. The fraction of sp³-hybridized carbons (Fsp3) is 0.733. The lowest BCUT2D eigenvalue weighted by Gasteiger charge is -2.21. The van der Waals surface area contributed by atoms with Gasteiger partial charge in [0.1, 0.15) is 12.0 Å². The Kier molecular flexibility index (Phi) is 4.55. The van der Waals surface area contributed by atoms with Gasteiger partial charge in [-0.05, 0) is 38.5 Å². The Morgan fingerprint density at radius 2 is 1.67 bits per heavy atom. The largest absolute Gasteiger partial charge is 0.379 e. The highest BCUT2D eigenvalue weighted by atomic mass is 16.3. The lowest BCUT2D eigenvalue weighted by molar-refractivity contribution is 0.172. The maximum atomic E-state index is 9.29. The van der Waals surface area contributed by atoms with Gasteiger partial charge in [-0.25, -0.2) is 4.98 Å². The molecule has 3 rings (SSSR count). The zero-order valence-corrected chi connectivity index (χ0v) is 12.5. The first-order valence-electron chi connectivity index (χ1n) is 8.04. The van der Waals surface area contributed by atoms with Gasteiger partial charge in [-0.15, -0.1) is 0 Å². The van der Waals surface area contributed by atoms with Crippen LogP contribution in [0.25, 0.3) is 0 Å². The number of hydrogen-bond acceptors (Lipinski definition) is 6. The third kappa shape index (κ3) is 3.63. The van der Waals surface area contributed by atoms with Crippen LogP contribution >= 0.6 is 0 Å². The molecule has 1 aromatic heterocycles. The van der Waals surface area contributed by atoms with Crippen LogP contribution in [0, 0.1) is 0 Å². The highest BCUT2D eigenvalue weighted by Crippen LogP contribution is 2.24. The highest BCUT2D eigenvalue weighted by Gasteiger charge is 2.20. The minimum absolute atomic E-state index is 0.538. The van der Waals surface area contributed by atoms with Crippen LogP contribution < -0.4 is 15.5 Å². The van der Waals surface area contributed by atoms with Crippen LogP contribution in [0.2, 0.25) is 0 Å². The summed E-state index contributed by atoms with van der Waals surface area (Å²) < 4.78 is 0. The van der Waals surface area contributed by atoms with E-state index in [4.69, 9.17) is 10.7 Å². The van der Waals surface area contributed by atoms with Crippen LogP contribution in [-0.2, 0) is 6.42 Å². The van der Waals surface area contributed by atoms with Crippen LogP contribution in [0.1, 0.15) is 37.8 Å². The van der Waals surface area contributed by atoms with E-state index in [9.17, 15) is 5.11 Å². The summed E-state index contributed by atoms with van der Waals surface area (Å²) in [5, 5.41) is 9.29. The number of anilines is 2. The van der Waals surface area contributed by atoms with Crippen molar-refractivity contribution in [1.82, 2.24) is 9.97 Å². The van der Waals surface area contributed by atoms with Crippen LogP contribution in [0.4, 0.5) is 11.8 Å². The van der Waals surface area contributed by atoms with E-state index in [1.54, 1.807) is 0 Å². The fourth-order valence-electron chi connectivity index (χ4n) is 3.06. The molecular weight excluding hydrogens is 266 g/mol. The Morgan fingerprint density at radius 3 is 2.29 bits per heavy atom. The van der Waals surface area contributed by atoms with Gasteiger partial charge in [0.2, 0.25) is 5.95 Å². The molecule has 0 radical (unpaired) electrons. The predicted molar refractivity (Wildman–Crippen MR) is 83.4 cm³/mol. The van der Waals surface area contributed by atoms with Gasteiger partial charge in [-0.3, -0.25) is 0 Å². The molecule has 0 amide bonds. The minimum atomic E-state index is -0.773. The number of nitrogens with two attached hydrogens (primary N) is 1. The summed E-state index contributed by atoms with van der Waals surface area (Å²) in [6.07, 6.45) is 5.37. The van der Waals surface area contributed by atoms with E-state index in [0.717, 1.165) is 43.6 Å². The number of hydrogen-bond donors (Lipinski definition) is 2. The summed E-state index contributed by atoms with van der Waals surface area (Å²) in [5.74, 6) is 1.88. The maximum Gasteiger partial charge on any atom is 0.227 e. The third-order valence-corrected chi connectivity index (χ3v) is 4.27. The molecule has 3 N–H and O–H groups in total. The monoisotopic (exact) mass is 291 g/mol. The molecule has 2 aliphatic heterocycles. The van der Waals surface area contributed by atoms with Gasteiger partial charge < -0.3 is 20.6 Å². The Morgan fingerprint density at radius 1 is 1.05 bits per heavy atom. The molecule has 0 spiro atoms. The first-order chi connectivity index (χ1) is 10.2. The molecule has 0 bridgehead atoms. The summed E-state index contributed by atoms with van der Waals surface area (Å²) in [7, 11) is 0. The second kappa shape index (κ2) is 6.58. The Bertz CT molecular complexity index is 433. The number of aromatic nitrogens is 2. The van der Waals surface area contributed by atoms with E-state index >= 15 is 0 Å². The molecule has 1 unspecified atom stereocenters. The second-order valence-corrected chi connectivity index (χ2v) is 6.01. The lowest BCUT2D eigenvalue weighted by Crippen LogP contribution is -2.25. The molecule has 1 atom stereocenters. The molecule has 21 heavy (non-hydrogen) atoms. The number of aryl methyl sites for hydroxylation is 1. The summed E-state index contributed by atoms with van der Waals surface area (Å²) in [6.45, 7) is 4.25. The van der Waals surface area contributed by atoms with E-state index < -0.39 is 6.23 Å². The van der Waals surface area contributed by atoms with Crippen molar-refractivity contribution in [2.24, 2.45) is 5.73 Å². The average molecular weight is 291 g/mol. The number of nitrogens with zero attached hydrogens (tertiary/aromatic N) is 4. The summed E-state index contributed by atoms with van der Waals surface area (Å²) in [6, 6.07) is 2.06. The van der Waals surface area contributed by atoms with E-state index in [-0.39, 0.29) is 0 Å². The molecule has 0 saturated carbocycles. The van der Waals surface area contributed by atoms with Crippen LogP contribution in [0.3, 0.4) is 0 Å². The Balaban J connectivity index is 1.83. The summed E-state index contributed by atoms with van der Waals surface area (Å²) in [4.78, 5) is 14.1. The van der Waals surface area contributed by atoms with Gasteiger partial charge in [0.25, 0.3) is 0 Å². The van der Waals surface area contributed by atoms with Crippen LogP contribution in [-0.4, -0.2) is 47.5 Å². The molecule has 1 aromatic rings. The topological polar surface area (TPSA) is 78.5 Å². The predicted octanol–water partition coefficient (Wildman–Crippen LogP) is 0.887. The average Bonchev–Trinajstić information content (AvgIpc) is 3.17. The smallest absolute Gasteiger partial charge is 0.227 e. The zero-order chi connectivity index (χ0) is 14.7. The Labute approximate surface area is 126 Å². The van der Waals surface area contributed by atoms with Crippen LogP contribution in [0.15, 0.2) is 6.07 Å². The van der Waals surface area contributed by atoms with Crippen molar-refractivity contribution >= 4 is 11.8 Å². The fourth-order valence-corrected chi connectivity index (χ4v) is 3.06. The first-order valence-corrected chi connectivity index (χ1v) is 8.04. The number of aliphatic hydroxyl groups excluding tert-OH is 1. The van der Waals surface area contributed by atoms with Crippen molar-refractivity contribution in [3.63, 3.8) is 0 Å². The van der Waals surface area contributed by atoms with E-state index in [1.807, 2.05) is 0 Å². The lowest BCUT2D eigenvalue weighted by atomic mass is 10.2. The zero-order valence-electron chi connectivity index (χ0n) is 12.5. The van der Waals surface area contributed by atoms with Crippen molar-refractivity contribution < 1.29 is 5.11 Å². The van der Waals surface area contributed by atoms with Gasteiger partial charge in [0.05, 0.1) is 0 Å². The second-order valence-electron chi connectivity index (χ2n) is 6.01. The van der Waals surface area contributed by atoms with Gasteiger partial charge in [-0.2, -0.15) is 4.98 Å². The molecule has 6 nitrogen and oxygen atoms in total. The van der Waals surface area contributed by atoms with Crippen molar-refractivity contribution in [3.05, 3.63) is 11.8 Å². The summed E-state index contributed by atoms with van der Waals surface area (Å²) >= 11 is 0. The molecule has 2 aliphatic rings. The van der Waals surface area contributed by atoms with Crippen molar-refractivity contribution in [2.75, 3.05) is 36.0 Å². The minimum Gasteiger partial charge on any atom is -0.379 e. The normalized spacial score (nSPS) is 20.3. The van der Waals surface area contributed by atoms with Gasteiger partial charge in [-0.1, -0.05) is 0 Å². The van der Waals surface area contributed by atoms with E-state index in [1.165, 1.54) is 25.7 Å². The molecule has 116 valence electrons. The molecule has 2 fully saturated rings. The van der Waals surface area contributed by atoms with Crippen molar-refractivity contribution in [3.8, 4) is 0 Å². The SMILES string of the molecule is NC(O)CCc1cc(N2CCCC2)nc(N2CCCC2)n1. The molecule has 0 aromatic carbocycles.